The molecule has 122 valence electrons. The first-order valence-electron chi connectivity index (χ1n) is 9.14. The van der Waals surface area contributed by atoms with Crippen molar-refractivity contribution in [2.75, 3.05) is 32.7 Å². The number of piperazine rings is 1. The predicted molar refractivity (Wildman–Crippen MR) is 89.4 cm³/mol. The lowest BCUT2D eigenvalue weighted by Crippen LogP contribution is -2.61. The van der Waals surface area contributed by atoms with E-state index in [1.165, 1.54) is 64.7 Å². The normalized spacial score (nSPS) is 36.9. The van der Waals surface area contributed by atoms with E-state index < -0.39 is 0 Å². The summed E-state index contributed by atoms with van der Waals surface area (Å²) in [5, 5.41) is 0. The molecule has 0 unspecified atom stereocenters. The Labute approximate surface area is 131 Å². The van der Waals surface area contributed by atoms with Gasteiger partial charge in [0.15, 0.2) is 0 Å². The summed E-state index contributed by atoms with van der Waals surface area (Å²) in [4.78, 5) is 5.46. The maximum absolute atomic E-state index is 6.28. The molecule has 2 aliphatic carbocycles. The maximum Gasteiger partial charge on any atom is 0.0333 e. The van der Waals surface area contributed by atoms with E-state index in [0.29, 0.717) is 11.0 Å². The van der Waals surface area contributed by atoms with Gasteiger partial charge >= 0.3 is 0 Å². The smallest absolute Gasteiger partial charge is 0.0333 e. The van der Waals surface area contributed by atoms with Crippen molar-refractivity contribution in [3.63, 3.8) is 0 Å². The molecule has 0 spiro atoms. The quantitative estimate of drug-likeness (QED) is 0.868. The molecule has 3 nitrogen and oxygen atoms in total. The second-order valence-corrected chi connectivity index (χ2v) is 8.82. The van der Waals surface area contributed by atoms with Crippen LogP contribution >= 0.6 is 0 Å². The minimum atomic E-state index is 0.317. The number of rotatable bonds is 3. The molecule has 0 bridgehead atoms. The summed E-state index contributed by atoms with van der Waals surface area (Å²) in [6.07, 6.45) is 8.24. The molecule has 0 amide bonds. The highest BCUT2D eigenvalue weighted by molar-refractivity contribution is 5.00. The first-order chi connectivity index (χ1) is 9.94. The van der Waals surface area contributed by atoms with Crippen molar-refractivity contribution in [2.24, 2.45) is 17.1 Å². The monoisotopic (exact) mass is 293 g/mol. The van der Waals surface area contributed by atoms with Crippen LogP contribution in [0.15, 0.2) is 0 Å². The fourth-order valence-corrected chi connectivity index (χ4v) is 4.67. The molecule has 0 radical (unpaired) electrons. The van der Waals surface area contributed by atoms with Crippen molar-refractivity contribution >= 4 is 0 Å². The standard InChI is InChI=1S/C18H35N3/c1-17(2,3)15-6-8-18(14-19,9-7-15)21-12-10-20(11-13-21)16-4-5-16/h15-16H,4-14,19H2,1-3H3. The summed E-state index contributed by atoms with van der Waals surface area (Å²) in [6.45, 7) is 13.1. The molecule has 3 heteroatoms. The molecule has 1 aliphatic heterocycles. The van der Waals surface area contributed by atoms with E-state index in [1.54, 1.807) is 0 Å². The van der Waals surface area contributed by atoms with Gasteiger partial charge in [-0.1, -0.05) is 20.8 Å². The lowest BCUT2D eigenvalue weighted by molar-refractivity contribution is -0.0105. The fourth-order valence-electron chi connectivity index (χ4n) is 4.67. The zero-order chi connectivity index (χ0) is 15.1. The highest BCUT2D eigenvalue weighted by Crippen LogP contribution is 2.43. The molecule has 3 fully saturated rings. The zero-order valence-electron chi connectivity index (χ0n) is 14.4. The van der Waals surface area contributed by atoms with Gasteiger partial charge in [0.1, 0.15) is 0 Å². The van der Waals surface area contributed by atoms with E-state index in [0.717, 1.165) is 18.5 Å². The summed E-state index contributed by atoms with van der Waals surface area (Å²) in [6, 6.07) is 0.928. The predicted octanol–water partition coefficient (Wildman–Crippen LogP) is 2.70. The Kier molecular flexibility index (Phi) is 4.37. The van der Waals surface area contributed by atoms with Crippen LogP contribution in [0.1, 0.15) is 59.3 Å². The van der Waals surface area contributed by atoms with Gasteiger partial charge in [0.05, 0.1) is 0 Å². The van der Waals surface area contributed by atoms with Gasteiger partial charge in [-0.05, 0) is 49.9 Å². The summed E-state index contributed by atoms with van der Waals surface area (Å²) in [5.74, 6) is 0.880. The van der Waals surface area contributed by atoms with Crippen molar-refractivity contribution in [1.82, 2.24) is 9.80 Å². The number of nitrogens with zero attached hydrogens (tertiary/aromatic N) is 2. The van der Waals surface area contributed by atoms with E-state index in [-0.39, 0.29) is 0 Å². The molecule has 0 aromatic carbocycles. The van der Waals surface area contributed by atoms with Crippen LogP contribution in [0, 0.1) is 11.3 Å². The first kappa shape index (κ1) is 15.8. The molecule has 1 heterocycles. The largest absolute Gasteiger partial charge is 0.329 e. The molecule has 0 atom stereocenters. The topological polar surface area (TPSA) is 32.5 Å². The average Bonchev–Trinajstić information content (AvgIpc) is 3.31. The van der Waals surface area contributed by atoms with Crippen LogP contribution in [0.25, 0.3) is 0 Å². The Morgan fingerprint density at radius 2 is 1.52 bits per heavy atom. The third-order valence-electron chi connectivity index (χ3n) is 6.57. The summed E-state index contributed by atoms with van der Waals surface area (Å²) in [7, 11) is 0. The molecular formula is C18H35N3. The maximum atomic E-state index is 6.28. The van der Waals surface area contributed by atoms with Crippen LogP contribution < -0.4 is 5.73 Å². The molecule has 1 saturated heterocycles. The highest BCUT2D eigenvalue weighted by Gasteiger charge is 2.43. The molecule has 21 heavy (non-hydrogen) atoms. The third-order valence-corrected chi connectivity index (χ3v) is 6.57. The molecule has 3 aliphatic rings. The van der Waals surface area contributed by atoms with Crippen LogP contribution in [-0.2, 0) is 0 Å². The van der Waals surface area contributed by atoms with Crippen molar-refractivity contribution in [1.29, 1.82) is 0 Å². The summed E-state index contributed by atoms with van der Waals surface area (Å²) in [5.41, 5.74) is 7.06. The van der Waals surface area contributed by atoms with E-state index in [9.17, 15) is 0 Å². The van der Waals surface area contributed by atoms with E-state index in [4.69, 9.17) is 5.73 Å². The molecular weight excluding hydrogens is 258 g/mol. The van der Waals surface area contributed by atoms with Crippen molar-refractivity contribution in [3.8, 4) is 0 Å². The average molecular weight is 293 g/mol. The lowest BCUT2D eigenvalue weighted by atomic mass is 9.66. The molecule has 2 saturated carbocycles. The SMILES string of the molecule is CC(C)(C)C1CCC(CN)(N2CCN(C3CC3)CC2)CC1. The first-order valence-corrected chi connectivity index (χ1v) is 9.14. The van der Waals surface area contributed by atoms with Gasteiger partial charge in [-0.2, -0.15) is 0 Å². The van der Waals surface area contributed by atoms with Crippen LogP contribution in [0.3, 0.4) is 0 Å². The van der Waals surface area contributed by atoms with Crippen molar-refractivity contribution < 1.29 is 0 Å². The van der Waals surface area contributed by atoms with Crippen molar-refractivity contribution in [2.45, 2.75) is 70.9 Å². The number of hydrogen-bond donors (Lipinski definition) is 1. The minimum absolute atomic E-state index is 0.317. The van der Waals surface area contributed by atoms with Gasteiger partial charge in [0, 0.05) is 44.3 Å². The van der Waals surface area contributed by atoms with Crippen LogP contribution in [-0.4, -0.2) is 54.1 Å². The molecule has 3 rings (SSSR count). The van der Waals surface area contributed by atoms with Gasteiger partial charge in [0.2, 0.25) is 0 Å². The third kappa shape index (κ3) is 3.30. The minimum Gasteiger partial charge on any atom is -0.329 e. The summed E-state index contributed by atoms with van der Waals surface area (Å²) < 4.78 is 0. The zero-order valence-corrected chi connectivity index (χ0v) is 14.4. The van der Waals surface area contributed by atoms with Gasteiger partial charge in [-0.3, -0.25) is 9.80 Å². The van der Waals surface area contributed by atoms with Crippen LogP contribution in [0.4, 0.5) is 0 Å². The molecule has 0 aromatic heterocycles. The van der Waals surface area contributed by atoms with Crippen LogP contribution in [0.5, 0.6) is 0 Å². The number of nitrogens with two attached hydrogens (primary N) is 1. The van der Waals surface area contributed by atoms with E-state index in [1.807, 2.05) is 0 Å². The molecule has 0 aromatic rings. The van der Waals surface area contributed by atoms with E-state index >= 15 is 0 Å². The Hall–Kier alpha value is -0.120. The van der Waals surface area contributed by atoms with Gasteiger partial charge in [0.25, 0.3) is 0 Å². The fraction of sp³-hybridized carbons (Fsp3) is 1.00. The van der Waals surface area contributed by atoms with Crippen LogP contribution in [0.2, 0.25) is 0 Å². The number of hydrogen-bond acceptors (Lipinski definition) is 3. The second kappa shape index (κ2) is 5.82. The second-order valence-electron chi connectivity index (χ2n) is 8.82. The van der Waals surface area contributed by atoms with Crippen molar-refractivity contribution in [3.05, 3.63) is 0 Å². The Balaban J connectivity index is 1.57. The lowest BCUT2D eigenvalue weighted by Gasteiger charge is -2.52. The Morgan fingerprint density at radius 3 is 1.95 bits per heavy atom. The molecule has 2 N–H and O–H groups in total. The van der Waals surface area contributed by atoms with Gasteiger partial charge in [-0.15, -0.1) is 0 Å². The Bertz CT molecular complexity index is 340. The van der Waals surface area contributed by atoms with Gasteiger partial charge in [-0.25, -0.2) is 0 Å². The Morgan fingerprint density at radius 1 is 0.952 bits per heavy atom. The highest BCUT2D eigenvalue weighted by atomic mass is 15.3. The van der Waals surface area contributed by atoms with Gasteiger partial charge < -0.3 is 5.73 Å². The summed E-state index contributed by atoms with van der Waals surface area (Å²) >= 11 is 0. The van der Waals surface area contributed by atoms with E-state index in [2.05, 4.69) is 30.6 Å².